The maximum absolute atomic E-state index is 11.8. The fraction of sp³-hybridized carbons (Fsp3) is 0.714. The fourth-order valence-corrected chi connectivity index (χ4v) is 0.698. The van der Waals surface area contributed by atoms with Gasteiger partial charge in [0.25, 0.3) is 0 Å². The third-order valence-electron chi connectivity index (χ3n) is 1.52. The second-order valence-corrected chi connectivity index (χ2v) is 2.97. The Morgan fingerprint density at radius 3 is 1.94 bits per heavy atom. The lowest BCUT2D eigenvalue weighted by Crippen LogP contribution is -2.45. The minimum atomic E-state index is -5.29. The van der Waals surface area contributed by atoms with Crippen LogP contribution in [0.25, 0.3) is 0 Å². The molecule has 1 atom stereocenters. The highest BCUT2D eigenvalue weighted by Gasteiger charge is 2.43. The normalized spacial score (nSPS) is 13.9. The minimum Gasteiger partial charge on any atom is -0.452 e. The molecule has 11 heteroatoms. The molecule has 0 heterocycles. The molecule has 0 aromatic carbocycles. The molecule has 1 unspecified atom stereocenters. The first-order chi connectivity index (χ1) is 7.98. The molecule has 0 radical (unpaired) electrons. The molecule has 0 spiro atoms. The highest BCUT2D eigenvalue weighted by Crippen LogP contribution is 2.17. The maximum atomic E-state index is 11.8. The average Bonchev–Trinajstić information content (AvgIpc) is 2.20. The SMILES string of the molecule is NCC(CNC(=O)C(F)(F)F)OC(=O)C(F)(F)F. The van der Waals surface area contributed by atoms with E-state index in [9.17, 15) is 35.9 Å². The molecule has 0 saturated carbocycles. The number of nitrogens with one attached hydrogen (secondary N) is 1. The lowest BCUT2D eigenvalue weighted by molar-refractivity contribution is -0.204. The van der Waals surface area contributed by atoms with Gasteiger partial charge in [0, 0.05) is 6.54 Å². The van der Waals surface area contributed by atoms with E-state index in [1.165, 1.54) is 5.32 Å². The van der Waals surface area contributed by atoms with Crippen LogP contribution >= 0.6 is 0 Å². The Morgan fingerprint density at radius 2 is 1.61 bits per heavy atom. The van der Waals surface area contributed by atoms with Crippen LogP contribution in [-0.4, -0.2) is 43.4 Å². The summed E-state index contributed by atoms with van der Waals surface area (Å²) in [4.78, 5) is 20.7. The summed E-state index contributed by atoms with van der Waals surface area (Å²) in [5.74, 6) is -4.97. The van der Waals surface area contributed by atoms with E-state index in [-0.39, 0.29) is 0 Å². The van der Waals surface area contributed by atoms with Crippen LogP contribution in [0.3, 0.4) is 0 Å². The van der Waals surface area contributed by atoms with Gasteiger partial charge in [0.1, 0.15) is 6.10 Å². The first-order valence-corrected chi connectivity index (χ1v) is 4.31. The summed E-state index contributed by atoms with van der Waals surface area (Å²) in [5.41, 5.74) is 4.88. The number of halogens is 6. The number of ether oxygens (including phenoxy) is 1. The second kappa shape index (κ2) is 5.89. The van der Waals surface area contributed by atoms with Crippen molar-refractivity contribution in [3.05, 3.63) is 0 Å². The summed E-state index contributed by atoms with van der Waals surface area (Å²) >= 11 is 0. The molecular weight excluding hydrogens is 274 g/mol. The Hall–Kier alpha value is -1.52. The quantitative estimate of drug-likeness (QED) is 0.566. The van der Waals surface area contributed by atoms with Gasteiger partial charge < -0.3 is 15.8 Å². The van der Waals surface area contributed by atoms with E-state index in [1.54, 1.807) is 0 Å². The minimum absolute atomic E-state index is 0.681. The smallest absolute Gasteiger partial charge is 0.452 e. The van der Waals surface area contributed by atoms with E-state index in [4.69, 9.17) is 5.73 Å². The molecule has 0 aliphatic heterocycles. The van der Waals surface area contributed by atoms with Crippen LogP contribution in [0.2, 0.25) is 0 Å². The number of alkyl halides is 6. The van der Waals surface area contributed by atoms with Gasteiger partial charge in [0.05, 0.1) is 6.54 Å². The van der Waals surface area contributed by atoms with Gasteiger partial charge in [-0.2, -0.15) is 26.3 Å². The van der Waals surface area contributed by atoms with Gasteiger partial charge in [0.15, 0.2) is 0 Å². The Labute approximate surface area is 96.2 Å². The molecule has 5 nitrogen and oxygen atoms in total. The second-order valence-electron chi connectivity index (χ2n) is 2.97. The number of rotatable bonds is 4. The van der Waals surface area contributed by atoms with Crippen LogP contribution in [0.5, 0.6) is 0 Å². The van der Waals surface area contributed by atoms with E-state index in [0.717, 1.165) is 0 Å². The van der Waals surface area contributed by atoms with Gasteiger partial charge in [-0.1, -0.05) is 0 Å². The highest BCUT2D eigenvalue weighted by molar-refractivity contribution is 5.81. The average molecular weight is 282 g/mol. The van der Waals surface area contributed by atoms with Crippen LogP contribution in [0.1, 0.15) is 0 Å². The van der Waals surface area contributed by atoms with Crippen LogP contribution in [0.15, 0.2) is 0 Å². The van der Waals surface area contributed by atoms with E-state index >= 15 is 0 Å². The Morgan fingerprint density at radius 1 is 1.11 bits per heavy atom. The fourth-order valence-electron chi connectivity index (χ4n) is 0.698. The predicted octanol–water partition coefficient (Wildman–Crippen LogP) is 0.0977. The van der Waals surface area contributed by atoms with Crippen molar-refractivity contribution in [3.8, 4) is 0 Å². The van der Waals surface area contributed by atoms with E-state index in [1.807, 2.05) is 0 Å². The monoisotopic (exact) mass is 282 g/mol. The topological polar surface area (TPSA) is 81.4 Å². The molecule has 0 aromatic heterocycles. The van der Waals surface area contributed by atoms with Crippen molar-refractivity contribution in [2.75, 3.05) is 13.1 Å². The molecule has 0 aromatic rings. The summed E-state index contributed by atoms with van der Waals surface area (Å²) < 4.78 is 74.2. The van der Waals surface area contributed by atoms with Crippen LogP contribution < -0.4 is 11.1 Å². The number of hydrogen-bond acceptors (Lipinski definition) is 4. The summed E-state index contributed by atoms with van der Waals surface area (Å²) in [6.45, 7) is -1.66. The largest absolute Gasteiger partial charge is 0.490 e. The predicted molar refractivity (Wildman–Crippen MR) is 44.1 cm³/mol. The van der Waals surface area contributed by atoms with Gasteiger partial charge in [0.2, 0.25) is 0 Å². The van der Waals surface area contributed by atoms with Gasteiger partial charge in [-0.15, -0.1) is 0 Å². The van der Waals surface area contributed by atoms with Gasteiger partial charge in [-0.3, -0.25) is 4.79 Å². The van der Waals surface area contributed by atoms with Gasteiger partial charge >= 0.3 is 24.2 Å². The zero-order valence-corrected chi connectivity index (χ0v) is 8.56. The molecule has 18 heavy (non-hydrogen) atoms. The van der Waals surface area contributed by atoms with Crippen molar-refractivity contribution in [1.82, 2.24) is 5.32 Å². The molecule has 0 saturated heterocycles. The van der Waals surface area contributed by atoms with Crippen molar-refractivity contribution in [3.63, 3.8) is 0 Å². The molecule has 0 bridgehead atoms. The zero-order valence-electron chi connectivity index (χ0n) is 8.56. The molecule has 0 fully saturated rings. The van der Waals surface area contributed by atoms with Crippen LogP contribution in [0.4, 0.5) is 26.3 Å². The number of carbonyl (C=O) groups excluding carboxylic acids is 2. The Balaban J connectivity index is 4.30. The van der Waals surface area contributed by atoms with Crippen LogP contribution in [0, 0.1) is 0 Å². The number of amides is 1. The summed E-state index contributed by atoms with van der Waals surface area (Å²) in [6, 6.07) is 0. The summed E-state index contributed by atoms with van der Waals surface area (Å²) in [5, 5.41) is 1.24. The molecule has 1 amide bonds. The third-order valence-corrected chi connectivity index (χ3v) is 1.52. The van der Waals surface area contributed by atoms with E-state index in [0.29, 0.717) is 0 Å². The number of nitrogens with two attached hydrogens (primary N) is 1. The number of esters is 1. The lowest BCUT2D eigenvalue weighted by Gasteiger charge is -2.17. The number of hydrogen-bond donors (Lipinski definition) is 2. The molecule has 0 aliphatic carbocycles. The lowest BCUT2D eigenvalue weighted by atomic mass is 10.3. The van der Waals surface area contributed by atoms with Crippen molar-refractivity contribution in [2.45, 2.75) is 18.5 Å². The molecule has 0 aliphatic rings. The first-order valence-electron chi connectivity index (χ1n) is 4.31. The molecule has 0 rings (SSSR count). The first kappa shape index (κ1) is 16.5. The van der Waals surface area contributed by atoms with E-state index < -0.39 is 43.4 Å². The maximum Gasteiger partial charge on any atom is 0.490 e. The zero-order chi connectivity index (χ0) is 14.6. The Kier molecular flexibility index (Phi) is 5.39. The number of carbonyl (C=O) groups is 2. The van der Waals surface area contributed by atoms with Crippen LogP contribution in [-0.2, 0) is 14.3 Å². The summed E-state index contributed by atoms with van der Waals surface area (Å²) in [6.07, 6.45) is -12.2. The van der Waals surface area contributed by atoms with Crippen molar-refractivity contribution in [2.24, 2.45) is 5.73 Å². The summed E-state index contributed by atoms with van der Waals surface area (Å²) in [7, 11) is 0. The molecule has 3 N–H and O–H groups in total. The molecular formula is C7H8F6N2O3. The third kappa shape index (κ3) is 5.70. The highest BCUT2D eigenvalue weighted by atomic mass is 19.4. The van der Waals surface area contributed by atoms with Gasteiger partial charge in [-0.05, 0) is 0 Å². The van der Waals surface area contributed by atoms with Crippen molar-refractivity contribution < 1.29 is 40.7 Å². The van der Waals surface area contributed by atoms with Gasteiger partial charge in [-0.25, -0.2) is 4.79 Å². The van der Waals surface area contributed by atoms with Crippen molar-refractivity contribution >= 4 is 11.9 Å². The molecule has 106 valence electrons. The van der Waals surface area contributed by atoms with Crippen molar-refractivity contribution in [1.29, 1.82) is 0 Å². The Bertz CT molecular complexity index is 313. The standard InChI is InChI=1S/C7H8F6N2O3/c8-6(9,10)4(16)15-2-3(1-14)18-5(17)7(11,12)13/h3H,1-2,14H2,(H,15,16). The van der Waals surface area contributed by atoms with E-state index in [2.05, 4.69) is 4.74 Å².